The van der Waals surface area contributed by atoms with Crippen molar-refractivity contribution in [1.29, 1.82) is 5.26 Å². The maximum Gasteiger partial charge on any atom is 0.330 e. The van der Waals surface area contributed by atoms with Gasteiger partial charge < -0.3 is 14.8 Å². The molecule has 0 saturated heterocycles. The van der Waals surface area contributed by atoms with Gasteiger partial charge in [-0.2, -0.15) is 5.26 Å². The number of anilines is 1. The molecule has 0 saturated carbocycles. The summed E-state index contributed by atoms with van der Waals surface area (Å²) in [6.45, 7) is 4.41. The molecule has 6 heteroatoms. The molecular weight excluding hydrogens is 452 g/mol. The maximum atomic E-state index is 12.6. The van der Waals surface area contributed by atoms with E-state index in [9.17, 15) is 9.59 Å². The summed E-state index contributed by atoms with van der Waals surface area (Å²) in [6, 6.07) is 24.2. The third-order valence-corrected chi connectivity index (χ3v) is 5.57. The average molecular weight is 483 g/mol. The van der Waals surface area contributed by atoms with Crippen LogP contribution in [0.1, 0.15) is 48.0 Å². The molecule has 0 bridgehead atoms. The van der Waals surface area contributed by atoms with Gasteiger partial charge in [0.2, 0.25) is 0 Å². The van der Waals surface area contributed by atoms with Crippen LogP contribution in [0.2, 0.25) is 0 Å². The molecule has 0 radical (unpaired) electrons. The van der Waals surface area contributed by atoms with E-state index >= 15 is 0 Å². The van der Waals surface area contributed by atoms with Crippen molar-refractivity contribution < 1.29 is 19.1 Å². The first-order valence-electron chi connectivity index (χ1n) is 12.0. The highest BCUT2D eigenvalue weighted by Gasteiger charge is 2.07. The smallest absolute Gasteiger partial charge is 0.330 e. The van der Waals surface area contributed by atoms with Crippen molar-refractivity contribution >= 4 is 17.6 Å². The Balaban J connectivity index is 1.36. The van der Waals surface area contributed by atoms with E-state index in [4.69, 9.17) is 14.7 Å². The summed E-state index contributed by atoms with van der Waals surface area (Å²) < 4.78 is 10.7. The van der Waals surface area contributed by atoms with Gasteiger partial charge in [-0.1, -0.05) is 50.1 Å². The molecule has 0 aliphatic rings. The number of rotatable bonds is 13. The molecule has 3 aromatic carbocycles. The van der Waals surface area contributed by atoms with E-state index in [1.54, 1.807) is 36.4 Å². The molecule has 36 heavy (non-hydrogen) atoms. The Bertz CT molecular complexity index is 1180. The molecule has 3 aromatic rings. The lowest BCUT2D eigenvalue weighted by molar-refractivity contribution is -0.137. The highest BCUT2D eigenvalue weighted by molar-refractivity contribution is 6.04. The van der Waals surface area contributed by atoms with Crippen molar-refractivity contribution in [2.24, 2.45) is 0 Å². The van der Waals surface area contributed by atoms with Crippen molar-refractivity contribution in [1.82, 2.24) is 0 Å². The van der Waals surface area contributed by atoms with Crippen LogP contribution in [-0.2, 0) is 9.53 Å². The molecule has 1 N–H and O–H groups in total. The van der Waals surface area contributed by atoms with Gasteiger partial charge in [0.25, 0.3) is 5.91 Å². The Labute approximate surface area is 212 Å². The quantitative estimate of drug-likeness (QED) is 0.170. The fraction of sp³-hybridized carbons (Fsp3) is 0.233. The second-order valence-electron chi connectivity index (χ2n) is 8.23. The number of nitriles is 1. The topological polar surface area (TPSA) is 88.4 Å². The number of ether oxygens (including phenoxy) is 2. The summed E-state index contributed by atoms with van der Waals surface area (Å²) >= 11 is 0. The lowest BCUT2D eigenvalue weighted by atomic mass is 10.0. The largest absolute Gasteiger partial charge is 0.494 e. The SMILES string of the molecule is C=CC(=O)OCCCCCCCOc1ccc(C(=O)Nc2ccc(-c3ccc(C#N)cc3)cc2)cc1. The third kappa shape index (κ3) is 8.44. The fourth-order valence-electron chi connectivity index (χ4n) is 3.55. The summed E-state index contributed by atoms with van der Waals surface area (Å²) in [6.07, 6.45) is 6.07. The van der Waals surface area contributed by atoms with Gasteiger partial charge >= 0.3 is 5.97 Å². The van der Waals surface area contributed by atoms with Gasteiger partial charge in [0.15, 0.2) is 0 Å². The van der Waals surface area contributed by atoms with Gasteiger partial charge in [-0.05, 0) is 72.5 Å². The van der Waals surface area contributed by atoms with Crippen LogP contribution < -0.4 is 10.1 Å². The van der Waals surface area contributed by atoms with Gasteiger partial charge in [0, 0.05) is 17.3 Å². The second kappa shape index (κ2) is 14.1. The predicted molar refractivity (Wildman–Crippen MR) is 141 cm³/mol. The number of benzene rings is 3. The number of esters is 1. The van der Waals surface area contributed by atoms with Gasteiger partial charge in [-0.15, -0.1) is 0 Å². The van der Waals surface area contributed by atoms with Crippen molar-refractivity contribution in [3.05, 3.63) is 96.6 Å². The molecule has 1 amide bonds. The van der Waals surface area contributed by atoms with Crippen LogP contribution in [0, 0.1) is 11.3 Å². The first-order valence-corrected chi connectivity index (χ1v) is 12.0. The predicted octanol–water partition coefficient (Wildman–Crippen LogP) is 6.54. The van der Waals surface area contributed by atoms with E-state index in [1.165, 1.54) is 6.08 Å². The Kier molecular flexibility index (Phi) is 10.3. The zero-order valence-electron chi connectivity index (χ0n) is 20.2. The van der Waals surface area contributed by atoms with Gasteiger partial charge in [-0.25, -0.2) is 4.79 Å². The van der Waals surface area contributed by atoms with Gasteiger partial charge in [0.05, 0.1) is 24.8 Å². The standard InChI is InChI=1S/C30H30N2O4/c1-2-29(33)36-21-7-5-3-4-6-20-35-28-18-14-26(15-19-28)30(34)32-27-16-12-25(13-17-27)24-10-8-23(22-31)9-11-24/h2,8-19H,1,3-7,20-21H2,(H,32,34). The molecule has 0 atom stereocenters. The van der Waals surface area contributed by atoms with Crippen molar-refractivity contribution in [3.8, 4) is 22.9 Å². The summed E-state index contributed by atoms with van der Waals surface area (Å²) in [4.78, 5) is 23.5. The van der Waals surface area contributed by atoms with Gasteiger partial charge in [-0.3, -0.25) is 4.79 Å². The zero-order valence-corrected chi connectivity index (χ0v) is 20.2. The fourth-order valence-corrected chi connectivity index (χ4v) is 3.55. The molecule has 0 aromatic heterocycles. The second-order valence-corrected chi connectivity index (χ2v) is 8.23. The van der Waals surface area contributed by atoms with Crippen LogP contribution in [0.25, 0.3) is 11.1 Å². The zero-order chi connectivity index (χ0) is 25.6. The van der Waals surface area contributed by atoms with E-state index < -0.39 is 0 Å². The monoisotopic (exact) mass is 482 g/mol. The molecule has 0 heterocycles. The first-order chi connectivity index (χ1) is 17.6. The molecule has 0 aliphatic carbocycles. The molecule has 0 spiro atoms. The minimum absolute atomic E-state index is 0.188. The summed E-state index contributed by atoms with van der Waals surface area (Å²) in [5.74, 6) is 0.169. The highest BCUT2D eigenvalue weighted by atomic mass is 16.5. The molecule has 0 unspecified atom stereocenters. The van der Waals surface area contributed by atoms with E-state index in [1.807, 2.05) is 36.4 Å². The van der Waals surface area contributed by atoms with E-state index in [0.29, 0.717) is 30.0 Å². The number of unbranched alkanes of at least 4 members (excludes halogenated alkanes) is 4. The molecule has 3 rings (SSSR count). The van der Waals surface area contributed by atoms with Crippen LogP contribution in [0.3, 0.4) is 0 Å². The van der Waals surface area contributed by atoms with Crippen LogP contribution in [0.4, 0.5) is 5.69 Å². The number of amides is 1. The molecule has 0 aliphatic heterocycles. The normalized spacial score (nSPS) is 10.2. The Hall–Kier alpha value is -4.37. The minimum Gasteiger partial charge on any atom is -0.494 e. The first kappa shape index (κ1) is 26.2. The van der Waals surface area contributed by atoms with Crippen LogP contribution in [0.15, 0.2) is 85.5 Å². The summed E-state index contributed by atoms with van der Waals surface area (Å²) in [7, 11) is 0. The third-order valence-electron chi connectivity index (χ3n) is 5.57. The van der Waals surface area contributed by atoms with Crippen molar-refractivity contribution in [2.45, 2.75) is 32.1 Å². The summed E-state index contributed by atoms with van der Waals surface area (Å²) in [5, 5.41) is 11.8. The van der Waals surface area contributed by atoms with Gasteiger partial charge in [0.1, 0.15) is 5.75 Å². The highest BCUT2D eigenvalue weighted by Crippen LogP contribution is 2.22. The maximum absolute atomic E-state index is 12.6. The molecule has 6 nitrogen and oxygen atoms in total. The van der Waals surface area contributed by atoms with Crippen molar-refractivity contribution in [3.63, 3.8) is 0 Å². The van der Waals surface area contributed by atoms with Crippen LogP contribution in [0.5, 0.6) is 5.75 Å². The molecule has 0 fully saturated rings. The number of carbonyl (C=O) groups excluding carboxylic acids is 2. The van der Waals surface area contributed by atoms with Crippen molar-refractivity contribution in [2.75, 3.05) is 18.5 Å². The average Bonchev–Trinajstić information content (AvgIpc) is 2.92. The van der Waals surface area contributed by atoms with E-state index in [2.05, 4.69) is 18.0 Å². The number of carbonyl (C=O) groups is 2. The Morgan fingerprint density at radius 1 is 0.806 bits per heavy atom. The number of nitrogens with zero attached hydrogens (tertiary/aromatic N) is 1. The Morgan fingerprint density at radius 2 is 1.39 bits per heavy atom. The minimum atomic E-state index is -0.373. The Morgan fingerprint density at radius 3 is 2.00 bits per heavy atom. The van der Waals surface area contributed by atoms with E-state index in [0.717, 1.165) is 49.0 Å². The lowest BCUT2D eigenvalue weighted by Crippen LogP contribution is -2.11. The lowest BCUT2D eigenvalue weighted by Gasteiger charge is -2.09. The van der Waals surface area contributed by atoms with Crippen LogP contribution >= 0.6 is 0 Å². The number of nitrogens with one attached hydrogen (secondary N) is 1. The summed E-state index contributed by atoms with van der Waals surface area (Å²) in [5.41, 5.74) is 3.89. The van der Waals surface area contributed by atoms with Crippen LogP contribution in [-0.4, -0.2) is 25.1 Å². The number of hydrogen-bond acceptors (Lipinski definition) is 5. The molecular formula is C30H30N2O4. The molecule has 184 valence electrons. The van der Waals surface area contributed by atoms with E-state index in [-0.39, 0.29) is 11.9 Å². The number of hydrogen-bond donors (Lipinski definition) is 1.